The predicted molar refractivity (Wildman–Crippen MR) is 75.1 cm³/mol. The molecule has 100 valence electrons. The fourth-order valence-electron chi connectivity index (χ4n) is 4.12. The monoisotopic (exact) mass is 237 g/mol. The molecule has 0 radical (unpaired) electrons. The number of hydrogen-bond acceptors (Lipinski definition) is 1. The SMILES string of the molecule is CCCNCC1CC12CCCC(CC(C)C)C2. The lowest BCUT2D eigenvalue weighted by Crippen LogP contribution is -2.24. The minimum absolute atomic E-state index is 0.790. The molecule has 17 heavy (non-hydrogen) atoms. The van der Waals surface area contributed by atoms with Crippen LogP contribution in [0.5, 0.6) is 0 Å². The van der Waals surface area contributed by atoms with Gasteiger partial charge >= 0.3 is 0 Å². The topological polar surface area (TPSA) is 12.0 Å². The summed E-state index contributed by atoms with van der Waals surface area (Å²) >= 11 is 0. The van der Waals surface area contributed by atoms with Crippen molar-refractivity contribution >= 4 is 0 Å². The van der Waals surface area contributed by atoms with Gasteiger partial charge in [0.1, 0.15) is 0 Å². The molecule has 1 N–H and O–H groups in total. The van der Waals surface area contributed by atoms with E-state index in [9.17, 15) is 0 Å². The van der Waals surface area contributed by atoms with Gasteiger partial charge in [-0.25, -0.2) is 0 Å². The van der Waals surface area contributed by atoms with Gasteiger partial charge in [-0.2, -0.15) is 0 Å². The maximum atomic E-state index is 3.62. The van der Waals surface area contributed by atoms with E-state index in [-0.39, 0.29) is 0 Å². The molecule has 2 rings (SSSR count). The first kappa shape index (κ1) is 13.4. The van der Waals surface area contributed by atoms with Crippen molar-refractivity contribution in [3.63, 3.8) is 0 Å². The number of nitrogens with one attached hydrogen (secondary N) is 1. The molecule has 0 aromatic heterocycles. The highest BCUT2D eigenvalue weighted by molar-refractivity contribution is 5.05. The Kier molecular flexibility index (Phi) is 4.52. The molecule has 2 aliphatic carbocycles. The van der Waals surface area contributed by atoms with Crippen LogP contribution in [0.15, 0.2) is 0 Å². The summed E-state index contributed by atoms with van der Waals surface area (Å²) in [6, 6.07) is 0. The van der Waals surface area contributed by atoms with Gasteiger partial charge < -0.3 is 5.32 Å². The molecule has 3 atom stereocenters. The van der Waals surface area contributed by atoms with E-state index in [1.165, 1.54) is 51.6 Å². The molecule has 0 aromatic carbocycles. The average molecular weight is 237 g/mol. The van der Waals surface area contributed by atoms with Crippen molar-refractivity contribution in [3.05, 3.63) is 0 Å². The second-order valence-corrected chi connectivity index (χ2v) is 7.06. The fourth-order valence-corrected chi connectivity index (χ4v) is 4.12. The van der Waals surface area contributed by atoms with Crippen molar-refractivity contribution in [2.75, 3.05) is 13.1 Å². The van der Waals surface area contributed by atoms with Gasteiger partial charge in [0, 0.05) is 0 Å². The van der Waals surface area contributed by atoms with Crippen molar-refractivity contribution in [1.82, 2.24) is 5.32 Å². The Hall–Kier alpha value is -0.0400. The van der Waals surface area contributed by atoms with Gasteiger partial charge in [-0.3, -0.25) is 0 Å². The summed E-state index contributed by atoms with van der Waals surface area (Å²) in [6.45, 7) is 9.53. The highest BCUT2D eigenvalue weighted by Crippen LogP contribution is 2.62. The van der Waals surface area contributed by atoms with Crippen LogP contribution >= 0.6 is 0 Å². The van der Waals surface area contributed by atoms with Crippen molar-refractivity contribution < 1.29 is 0 Å². The quantitative estimate of drug-likeness (QED) is 0.682. The van der Waals surface area contributed by atoms with E-state index in [0.717, 1.165) is 23.2 Å². The predicted octanol–water partition coefficient (Wildman–Crippen LogP) is 4.23. The molecule has 2 aliphatic rings. The Labute approximate surface area is 108 Å². The van der Waals surface area contributed by atoms with Gasteiger partial charge in [0.2, 0.25) is 0 Å². The van der Waals surface area contributed by atoms with E-state index in [4.69, 9.17) is 0 Å². The second kappa shape index (κ2) is 5.73. The Morgan fingerprint density at radius 2 is 2.12 bits per heavy atom. The third-order valence-electron chi connectivity index (χ3n) is 4.96. The van der Waals surface area contributed by atoms with Crippen molar-refractivity contribution in [3.8, 4) is 0 Å². The number of hydrogen-bond donors (Lipinski definition) is 1. The molecule has 0 aliphatic heterocycles. The summed E-state index contributed by atoms with van der Waals surface area (Å²) in [5.74, 6) is 2.95. The average Bonchev–Trinajstić information content (AvgIpc) is 2.90. The van der Waals surface area contributed by atoms with E-state index in [1.807, 2.05) is 0 Å². The summed E-state index contributed by atoms with van der Waals surface area (Å²) in [5.41, 5.74) is 0.790. The molecule has 0 aromatic rings. The molecular formula is C16H31N. The van der Waals surface area contributed by atoms with E-state index < -0.39 is 0 Å². The molecule has 2 saturated carbocycles. The minimum Gasteiger partial charge on any atom is -0.316 e. The van der Waals surface area contributed by atoms with Gasteiger partial charge in [-0.1, -0.05) is 33.6 Å². The molecule has 1 nitrogen and oxygen atoms in total. The van der Waals surface area contributed by atoms with Gasteiger partial charge in [0.05, 0.1) is 0 Å². The van der Waals surface area contributed by atoms with E-state index in [0.29, 0.717) is 0 Å². The summed E-state index contributed by atoms with van der Waals surface area (Å²) in [5, 5.41) is 3.62. The Morgan fingerprint density at radius 3 is 2.82 bits per heavy atom. The van der Waals surface area contributed by atoms with Crippen LogP contribution in [0.1, 0.15) is 65.7 Å². The fraction of sp³-hybridized carbons (Fsp3) is 1.00. The first-order valence-electron chi connectivity index (χ1n) is 7.87. The van der Waals surface area contributed by atoms with Gasteiger partial charge in [-0.15, -0.1) is 0 Å². The van der Waals surface area contributed by atoms with Gasteiger partial charge in [0.15, 0.2) is 0 Å². The van der Waals surface area contributed by atoms with Crippen molar-refractivity contribution in [2.24, 2.45) is 23.2 Å². The first-order chi connectivity index (χ1) is 8.16. The van der Waals surface area contributed by atoms with E-state index in [2.05, 4.69) is 26.1 Å². The van der Waals surface area contributed by atoms with Crippen LogP contribution in [0.4, 0.5) is 0 Å². The molecule has 0 heterocycles. The molecule has 1 heteroatoms. The van der Waals surface area contributed by atoms with Gasteiger partial charge in [0.25, 0.3) is 0 Å². The lowest BCUT2D eigenvalue weighted by Gasteiger charge is -2.31. The van der Waals surface area contributed by atoms with Crippen LogP contribution in [-0.4, -0.2) is 13.1 Å². The minimum atomic E-state index is 0.790. The van der Waals surface area contributed by atoms with E-state index in [1.54, 1.807) is 6.42 Å². The largest absolute Gasteiger partial charge is 0.316 e. The maximum absolute atomic E-state index is 3.62. The zero-order chi connectivity index (χ0) is 12.3. The molecule has 0 amide bonds. The van der Waals surface area contributed by atoms with Crippen LogP contribution in [0.3, 0.4) is 0 Å². The zero-order valence-electron chi connectivity index (χ0n) is 12.1. The van der Waals surface area contributed by atoms with Crippen LogP contribution in [0.2, 0.25) is 0 Å². The standard InChI is InChI=1S/C16H31N/c1-4-8-17-12-15-11-16(15)7-5-6-14(10-16)9-13(2)3/h13-15,17H,4-12H2,1-3H3. The Bertz CT molecular complexity index is 236. The lowest BCUT2D eigenvalue weighted by molar-refractivity contribution is 0.203. The smallest absolute Gasteiger partial charge is 0.00150 e. The zero-order valence-corrected chi connectivity index (χ0v) is 12.1. The van der Waals surface area contributed by atoms with Crippen LogP contribution < -0.4 is 5.32 Å². The molecule has 0 saturated heterocycles. The second-order valence-electron chi connectivity index (χ2n) is 7.06. The molecule has 0 bridgehead atoms. The Balaban J connectivity index is 1.74. The van der Waals surface area contributed by atoms with Crippen LogP contribution in [-0.2, 0) is 0 Å². The van der Waals surface area contributed by atoms with Crippen LogP contribution in [0.25, 0.3) is 0 Å². The Morgan fingerprint density at radius 1 is 1.29 bits per heavy atom. The summed E-state index contributed by atoms with van der Waals surface area (Å²) in [4.78, 5) is 0. The molecule has 3 unspecified atom stereocenters. The van der Waals surface area contributed by atoms with E-state index >= 15 is 0 Å². The van der Waals surface area contributed by atoms with Gasteiger partial charge in [-0.05, 0) is 68.4 Å². The lowest BCUT2D eigenvalue weighted by atomic mass is 9.75. The highest BCUT2D eigenvalue weighted by atomic mass is 14.9. The summed E-state index contributed by atoms with van der Waals surface area (Å²) in [6.07, 6.45) is 10.4. The molecular weight excluding hydrogens is 206 g/mol. The maximum Gasteiger partial charge on any atom is -0.00150 e. The van der Waals surface area contributed by atoms with Crippen LogP contribution in [0, 0.1) is 23.2 Å². The normalized spacial score (nSPS) is 36.7. The third kappa shape index (κ3) is 3.47. The first-order valence-corrected chi connectivity index (χ1v) is 7.87. The van der Waals surface area contributed by atoms with Crippen molar-refractivity contribution in [1.29, 1.82) is 0 Å². The third-order valence-corrected chi connectivity index (χ3v) is 4.96. The summed E-state index contributed by atoms with van der Waals surface area (Å²) in [7, 11) is 0. The highest BCUT2D eigenvalue weighted by Gasteiger charge is 2.54. The molecule has 2 fully saturated rings. The number of rotatable bonds is 6. The van der Waals surface area contributed by atoms with Crippen molar-refractivity contribution in [2.45, 2.75) is 65.7 Å². The molecule has 1 spiro atoms. The summed E-state index contributed by atoms with van der Waals surface area (Å²) < 4.78 is 0.